The molecule has 0 amide bonds. The van der Waals surface area contributed by atoms with Gasteiger partial charge in [-0.3, -0.25) is 9.13 Å². The van der Waals surface area contributed by atoms with Gasteiger partial charge in [0.05, 0.1) is 16.7 Å². The predicted molar refractivity (Wildman–Crippen MR) is 129 cm³/mol. The fourth-order valence-corrected chi connectivity index (χ4v) is 5.40. The van der Waals surface area contributed by atoms with Gasteiger partial charge in [0.15, 0.2) is 5.82 Å². The maximum Gasteiger partial charge on any atom is 0.327 e. The summed E-state index contributed by atoms with van der Waals surface area (Å²) in [5.74, 6) is 0.794. The lowest BCUT2D eigenvalue weighted by Crippen LogP contribution is -2.28. The molecule has 35 heavy (non-hydrogen) atoms. The number of allylic oxidation sites excluding steroid dienone is 1. The van der Waals surface area contributed by atoms with E-state index in [4.69, 9.17) is 9.73 Å². The van der Waals surface area contributed by atoms with Crippen molar-refractivity contribution in [3.63, 3.8) is 0 Å². The Morgan fingerprint density at radius 3 is 2.80 bits per heavy atom. The van der Waals surface area contributed by atoms with Crippen molar-refractivity contribution >= 4 is 28.4 Å². The molecule has 0 saturated carbocycles. The number of nitrogens with one attached hydrogen (secondary N) is 1. The summed E-state index contributed by atoms with van der Waals surface area (Å²) in [6.45, 7) is 4.09. The summed E-state index contributed by atoms with van der Waals surface area (Å²) < 4.78 is 37.3. The molecule has 3 aliphatic heterocycles. The van der Waals surface area contributed by atoms with Crippen molar-refractivity contribution in [3.8, 4) is 0 Å². The predicted octanol–water partition coefficient (Wildman–Crippen LogP) is 4.02. The third-order valence-electron chi connectivity index (χ3n) is 7.27. The quantitative estimate of drug-likeness (QED) is 0.598. The standard InChI is InChI=1S/C25H28F2N6O2/c1-15-2-5-20(31-9-6-17(27)13-31)22-24(33(25(34)29-22)18-7-10-35-11-8-18)30-23(15)32-14-28-19-4-3-16(26)12-21(19)32/h3-5,12,14-15,17-18H,2,6-11,13H2,1H3,(H,29,34). The fraction of sp³-hybridized carbons (Fsp3) is 0.480. The first-order chi connectivity index (χ1) is 17.0. The highest BCUT2D eigenvalue weighted by Gasteiger charge is 2.32. The number of fused-ring (bicyclic) bond motifs is 2. The summed E-state index contributed by atoms with van der Waals surface area (Å²) in [5, 5.41) is 0. The van der Waals surface area contributed by atoms with E-state index in [1.165, 1.54) is 12.1 Å². The number of aliphatic imine (C=N–C) groups is 1. The number of rotatable bonds is 2. The van der Waals surface area contributed by atoms with E-state index in [-0.39, 0.29) is 23.5 Å². The van der Waals surface area contributed by atoms with Crippen LogP contribution in [0.15, 0.2) is 40.4 Å². The number of ether oxygens (including phenoxy) is 1. The third kappa shape index (κ3) is 3.89. The zero-order chi connectivity index (χ0) is 24.1. The molecule has 2 aromatic heterocycles. The van der Waals surface area contributed by atoms with E-state index in [1.54, 1.807) is 17.0 Å². The van der Waals surface area contributed by atoms with Crippen molar-refractivity contribution in [2.75, 3.05) is 26.3 Å². The van der Waals surface area contributed by atoms with Gasteiger partial charge in [-0.05, 0) is 37.8 Å². The van der Waals surface area contributed by atoms with Crippen LogP contribution in [0.2, 0.25) is 0 Å². The van der Waals surface area contributed by atoms with Crippen LogP contribution < -0.4 is 5.69 Å². The smallest absolute Gasteiger partial charge is 0.327 e. The lowest BCUT2D eigenvalue weighted by Gasteiger charge is -2.27. The molecule has 2 atom stereocenters. The van der Waals surface area contributed by atoms with Gasteiger partial charge < -0.3 is 14.6 Å². The summed E-state index contributed by atoms with van der Waals surface area (Å²) in [7, 11) is 0. The van der Waals surface area contributed by atoms with Crippen LogP contribution in [0.4, 0.5) is 14.6 Å². The maximum absolute atomic E-state index is 14.1. The molecule has 2 unspecified atom stereocenters. The molecule has 0 aliphatic carbocycles. The van der Waals surface area contributed by atoms with Crippen molar-refractivity contribution in [3.05, 3.63) is 52.6 Å². The second kappa shape index (κ2) is 8.75. The number of nitrogens with zero attached hydrogens (tertiary/aromatic N) is 5. The van der Waals surface area contributed by atoms with Gasteiger partial charge in [0, 0.05) is 44.3 Å². The molecule has 1 N–H and O–H groups in total. The Morgan fingerprint density at radius 1 is 1.20 bits per heavy atom. The number of likely N-dealkylation sites (tertiary alicyclic amines) is 1. The lowest BCUT2D eigenvalue weighted by atomic mass is 10.0. The molecule has 0 spiro atoms. The Morgan fingerprint density at radius 2 is 2.03 bits per heavy atom. The first kappa shape index (κ1) is 22.2. The minimum atomic E-state index is -0.891. The molecule has 2 saturated heterocycles. The zero-order valence-corrected chi connectivity index (χ0v) is 19.6. The van der Waals surface area contributed by atoms with E-state index < -0.39 is 6.17 Å². The topological polar surface area (TPSA) is 80.4 Å². The lowest BCUT2D eigenvalue weighted by molar-refractivity contribution is 0.0692. The number of benzene rings is 1. The molecule has 3 aliphatic rings. The number of hydrogen-bond acceptors (Lipinski definition) is 5. The van der Waals surface area contributed by atoms with Gasteiger partial charge >= 0.3 is 5.69 Å². The fourth-order valence-electron chi connectivity index (χ4n) is 5.40. The molecule has 0 radical (unpaired) electrons. The summed E-state index contributed by atoms with van der Waals surface area (Å²) >= 11 is 0. The van der Waals surface area contributed by atoms with Crippen LogP contribution in [-0.2, 0) is 4.74 Å². The Hall–Kier alpha value is -3.27. The van der Waals surface area contributed by atoms with Crippen LogP contribution in [0.25, 0.3) is 16.7 Å². The van der Waals surface area contributed by atoms with Crippen LogP contribution in [0.3, 0.4) is 0 Å². The van der Waals surface area contributed by atoms with Crippen molar-refractivity contribution < 1.29 is 13.5 Å². The van der Waals surface area contributed by atoms with E-state index >= 15 is 0 Å². The van der Waals surface area contributed by atoms with Crippen molar-refractivity contribution in [2.24, 2.45) is 10.9 Å². The molecular weight excluding hydrogens is 454 g/mol. The molecule has 5 heterocycles. The molecule has 1 aromatic carbocycles. The number of imidazole rings is 2. The highest BCUT2D eigenvalue weighted by Crippen LogP contribution is 2.36. The normalized spacial score (nSPS) is 23.7. The SMILES string of the molecule is CC1CC=C(N2CCC(F)C2)c2[nH]c(=O)n(C3CCOCC3)c2N=C1n1cnc2ccc(F)cc21. The number of aromatic amines is 1. The molecule has 2 fully saturated rings. The summed E-state index contributed by atoms with van der Waals surface area (Å²) in [4.78, 5) is 27.9. The number of halogens is 2. The second-order valence-electron chi connectivity index (χ2n) is 9.62. The van der Waals surface area contributed by atoms with Crippen LogP contribution in [0, 0.1) is 11.7 Å². The third-order valence-corrected chi connectivity index (χ3v) is 7.27. The molecule has 8 nitrogen and oxygen atoms in total. The Labute approximate surface area is 200 Å². The molecular formula is C25H28F2N6O2. The molecule has 184 valence electrons. The molecule has 6 rings (SSSR count). The van der Waals surface area contributed by atoms with Gasteiger partial charge in [-0.15, -0.1) is 0 Å². The van der Waals surface area contributed by atoms with E-state index in [0.29, 0.717) is 80.4 Å². The van der Waals surface area contributed by atoms with Crippen molar-refractivity contribution in [1.29, 1.82) is 0 Å². The van der Waals surface area contributed by atoms with Gasteiger partial charge in [-0.1, -0.05) is 13.0 Å². The zero-order valence-electron chi connectivity index (χ0n) is 19.6. The molecule has 3 aromatic rings. The molecule has 0 bridgehead atoms. The maximum atomic E-state index is 14.1. The van der Waals surface area contributed by atoms with Gasteiger partial charge in [-0.25, -0.2) is 23.6 Å². The minimum absolute atomic E-state index is 0.0540. The summed E-state index contributed by atoms with van der Waals surface area (Å²) in [6.07, 6.45) is 5.34. The highest BCUT2D eigenvalue weighted by molar-refractivity contribution is 5.97. The van der Waals surface area contributed by atoms with Gasteiger partial charge in [-0.2, -0.15) is 0 Å². The van der Waals surface area contributed by atoms with Gasteiger partial charge in [0.25, 0.3) is 0 Å². The monoisotopic (exact) mass is 482 g/mol. The van der Waals surface area contributed by atoms with E-state index in [9.17, 15) is 13.6 Å². The first-order valence-corrected chi connectivity index (χ1v) is 12.2. The average molecular weight is 483 g/mol. The van der Waals surface area contributed by atoms with Crippen LogP contribution in [0.1, 0.15) is 44.3 Å². The largest absolute Gasteiger partial charge is 0.381 e. The number of H-pyrrole nitrogens is 1. The summed E-state index contributed by atoms with van der Waals surface area (Å²) in [5.41, 5.74) is 2.48. The van der Waals surface area contributed by atoms with Crippen LogP contribution in [-0.4, -0.2) is 62.3 Å². The van der Waals surface area contributed by atoms with E-state index in [0.717, 1.165) is 5.70 Å². The van der Waals surface area contributed by atoms with Crippen molar-refractivity contribution in [2.45, 2.75) is 44.8 Å². The van der Waals surface area contributed by atoms with Gasteiger partial charge in [0.1, 0.15) is 29.8 Å². The minimum Gasteiger partial charge on any atom is -0.381 e. The average Bonchev–Trinajstić information content (AvgIpc) is 3.54. The number of hydrogen-bond donors (Lipinski definition) is 1. The highest BCUT2D eigenvalue weighted by atomic mass is 19.1. The Bertz CT molecular complexity index is 1380. The van der Waals surface area contributed by atoms with Gasteiger partial charge in [0.2, 0.25) is 0 Å². The number of alkyl halides is 1. The summed E-state index contributed by atoms with van der Waals surface area (Å²) in [6, 6.07) is 4.43. The first-order valence-electron chi connectivity index (χ1n) is 12.2. The second-order valence-corrected chi connectivity index (χ2v) is 9.62. The van der Waals surface area contributed by atoms with Crippen LogP contribution >= 0.6 is 0 Å². The van der Waals surface area contributed by atoms with Crippen molar-refractivity contribution in [1.82, 2.24) is 24.0 Å². The van der Waals surface area contributed by atoms with E-state index in [2.05, 4.69) is 23.0 Å². The molecule has 10 heteroatoms. The number of aromatic nitrogens is 4. The Balaban J connectivity index is 1.55. The Kier molecular flexibility index (Phi) is 5.55. The van der Waals surface area contributed by atoms with Crippen LogP contribution in [0.5, 0.6) is 0 Å². The van der Waals surface area contributed by atoms with E-state index in [1.807, 2.05) is 9.47 Å².